The third kappa shape index (κ3) is 1.96. The summed E-state index contributed by atoms with van der Waals surface area (Å²) >= 11 is 0. The second-order valence-corrected chi connectivity index (χ2v) is 4.55. The molecule has 5 heteroatoms. The molecule has 17 heavy (non-hydrogen) atoms. The molecule has 2 aliphatic rings. The minimum absolute atomic E-state index is 0.428. The van der Waals surface area contributed by atoms with Crippen LogP contribution in [-0.4, -0.2) is 37.1 Å². The van der Waals surface area contributed by atoms with E-state index >= 15 is 0 Å². The van der Waals surface area contributed by atoms with E-state index in [1.54, 1.807) is 6.20 Å². The molecule has 5 nitrogen and oxygen atoms in total. The molecule has 2 N–H and O–H groups in total. The van der Waals surface area contributed by atoms with Crippen LogP contribution >= 0.6 is 0 Å². The number of hydrogen-bond acceptors (Lipinski definition) is 5. The molecule has 0 atom stereocenters. The molecule has 2 saturated heterocycles. The van der Waals surface area contributed by atoms with Gasteiger partial charge in [-0.15, -0.1) is 0 Å². The summed E-state index contributed by atoms with van der Waals surface area (Å²) in [5, 5.41) is 0. The summed E-state index contributed by atoms with van der Waals surface area (Å²) < 4.78 is 11.5. The summed E-state index contributed by atoms with van der Waals surface area (Å²) in [6.07, 6.45) is 3.76. The monoisotopic (exact) mass is 235 g/mol. The molecular formula is C12H17N3O2. The molecule has 1 spiro atoms. The molecule has 0 amide bonds. The molecular weight excluding hydrogens is 218 g/mol. The van der Waals surface area contributed by atoms with Crippen molar-refractivity contribution in [3.05, 3.63) is 18.3 Å². The minimum atomic E-state index is -0.428. The highest BCUT2D eigenvalue weighted by atomic mass is 16.7. The SMILES string of the molecule is Nc1cccnc1N1CCCC2(C1)OCCO2. The summed E-state index contributed by atoms with van der Waals surface area (Å²) in [7, 11) is 0. The van der Waals surface area contributed by atoms with E-state index in [9.17, 15) is 0 Å². The average Bonchev–Trinajstić information content (AvgIpc) is 2.78. The van der Waals surface area contributed by atoms with Crippen LogP contribution < -0.4 is 10.6 Å². The predicted octanol–water partition coefficient (Wildman–Crippen LogP) is 1.01. The Labute approximate surface area is 101 Å². The van der Waals surface area contributed by atoms with Crippen molar-refractivity contribution in [3.8, 4) is 0 Å². The number of piperidine rings is 1. The molecule has 0 aromatic carbocycles. The average molecular weight is 235 g/mol. The molecule has 0 aliphatic carbocycles. The molecule has 0 unspecified atom stereocenters. The first-order chi connectivity index (χ1) is 8.29. The standard InChI is InChI=1S/C12H17N3O2/c13-10-3-1-5-14-11(10)15-6-2-4-12(9-15)16-7-8-17-12/h1,3,5H,2,4,6-9,13H2. The second kappa shape index (κ2) is 4.16. The molecule has 1 aromatic rings. The van der Waals surface area contributed by atoms with Gasteiger partial charge in [-0.05, 0) is 18.6 Å². The first-order valence-electron chi connectivity index (χ1n) is 6.02. The Morgan fingerprint density at radius 2 is 2.18 bits per heavy atom. The van der Waals surface area contributed by atoms with E-state index in [-0.39, 0.29) is 0 Å². The van der Waals surface area contributed by atoms with E-state index in [2.05, 4.69) is 9.88 Å². The van der Waals surface area contributed by atoms with Crippen LogP contribution in [0.25, 0.3) is 0 Å². The topological polar surface area (TPSA) is 60.6 Å². The fourth-order valence-electron chi connectivity index (χ4n) is 2.58. The molecule has 0 saturated carbocycles. The van der Waals surface area contributed by atoms with Crippen molar-refractivity contribution in [1.82, 2.24) is 4.98 Å². The van der Waals surface area contributed by atoms with Gasteiger partial charge in [0.1, 0.15) is 0 Å². The van der Waals surface area contributed by atoms with Gasteiger partial charge in [-0.2, -0.15) is 0 Å². The van der Waals surface area contributed by atoms with E-state index in [1.165, 1.54) is 0 Å². The number of nitrogens with two attached hydrogens (primary N) is 1. The zero-order valence-electron chi connectivity index (χ0n) is 9.76. The number of hydrogen-bond donors (Lipinski definition) is 1. The number of anilines is 2. The number of nitrogen functional groups attached to an aromatic ring is 1. The van der Waals surface area contributed by atoms with E-state index < -0.39 is 5.79 Å². The third-order valence-corrected chi connectivity index (χ3v) is 3.35. The van der Waals surface area contributed by atoms with Gasteiger partial charge in [0.2, 0.25) is 0 Å². The van der Waals surface area contributed by atoms with Gasteiger partial charge in [-0.25, -0.2) is 4.98 Å². The fraction of sp³-hybridized carbons (Fsp3) is 0.583. The summed E-state index contributed by atoms with van der Waals surface area (Å²) in [5.41, 5.74) is 6.66. The van der Waals surface area contributed by atoms with Crippen LogP contribution in [0.1, 0.15) is 12.8 Å². The van der Waals surface area contributed by atoms with Crippen molar-refractivity contribution >= 4 is 11.5 Å². The van der Waals surface area contributed by atoms with Crippen LogP contribution in [0.4, 0.5) is 11.5 Å². The Morgan fingerprint density at radius 3 is 2.94 bits per heavy atom. The predicted molar refractivity (Wildman–Crippen MR) is 64.7 cm³/mol. The van der Waals surface area contributed by atoms with Crippen LogP contribution in [0.3, 0.4) is 0 Å². The van der Waals surface area contributed by atoms with Gasteiger partial charge in [-0.3, -0.25) is 0 Å². The van der Waals surface area contributed by atoms with Crippen molar-refractivity contribution in [3.63, 3.8) is 0 Å². The van der Waals surface area contributed by atoms with Gasteiger partial charge < -0.3 is 20.1 Å². The normalized spacial score (nSPS) is 23.2. The van der Waals surface area contributed by atoms with Gasteiger partial charge in [-0.1, -0.05) is 0 Å². The molecule has 1 aromatic heterocycles. The maximum atomic E-state index is 5.95. The van der Waals surface area contributed by atoms with Gasteiger partial charge >= 0.3 is 0 Å². The molecule has 2 fully saturated rings. The molecule has 0 bridgehead atoms. The largest absolute Gasteiger partial charge is 0.396 e. The molecule has 92 valence electrons. The Morgan fingerprint density at radius 1 is 1.35 bits per heavy atom. The fourth-order valence-corrected chi connectivity index (χ4v) is 2.58. The van der Waals surface area contributed by atoms with Crippen LogP contribution in [-0.2, 0) is 9.47 Å². The Bertz CT molecular complexity index is 404. The highest BCUT2D eigenvalue weighted by molar-refractivity contribution is 5.62. The Hall–Kier alpha value is -1.33. The van der Waals surface area contributed by atoms with E-state index in [0.717, 1.165) is 25.2 Å². The number of pyridine rings is 1. The summed E-state index contributed by atoms with van der Waals surface area (Å²) in [5.74, 6) is 0.410. The molecule has 2 aliphatic heterocycles. The van der Waals surface area contributed by atoms with Gasteiger partial charge in [0.15, 0.2) is 11.6 Å². The quantitative estimate of drug-likeness (QED) is 0.787. The van der Waals surface area contributed by atoms with Crippen molar-refractivity contribution in [2.75, 3.05) is 36.9 Å². The maximum absolute atomic E-state index is 5.95. The molecule has 3 rings (SSSR count). The van der Waals surface area contributed by atoms with Crippen LogP contribution in [0.5, 0.6) is 0 Å². The van der Waals surface area contributed by atoms with Crippen molar-refractivity contribution in [2.24, 2.45) is 0 Å². The Balaban J connectivity index is 1.82. The van der Waals surface area contributed by atoms with Crippen LogP contribution in [0, 0.1) is 0 Å². The number of aromatic nitrogens is 1. The number of rotatable bonds is 1. The summed E-state index contributed by atoms with van der Waals surface area (Å²) in [6, 6.07) is 3.72. The lowest BCUT2D eigenvalue weighted by Gasteiger charge is -2.39. The lowest BCUT2D eigenvalue weighted by Crippen LogP contribution is -2.49. The highest BCUT2D eigenvalue weighted by Gasteiger charge is 2.41. The zero-order chi connectivity index (χ0) is 11.7. The van der Waals surface area contributed by atoms with Crippen molar-refractivity contribution in [2.45, 2.75) is 18.6 Å². The zero-order valence-corrected chi connectivity index (χ0v) is 9.76. The highest BCUT2D eigenvalue weighted by Crippen LogP contribution is 2.33. The van der Waals surface area contributed by atoms with E-state index in [1.807, 2.05) is 12.1 Å². The van der Waals surface area contributed by atoms with Crippen molar-refractivity contribution < 1.29 is 9.47 Å². The molecule has 0 radical (unpaired) electrons. The third-order valence-electron chi connectivity index (χ3n) is 3.35. The number of ether oxygens (including phenoxy) is 2. The Kier molecular flexibility index (Phi) is 2.64. The minimum Gasteiger partial charge on any atom is -0.396 e. The van der Waals surface area contributed by atoms with Gasteiger partial charge in [0, 0.05) is 19.2 Å². The lowest BCUT2D eigenvalue weighted by atomic mass is 10.0. The van der Waals surface area contributed by atoms with E-state index in [4.69, 9.17) is 15.2 Å². The van der Waals surface area contributed by atoms with Gasteiger partial charge in [0.25, 0.3) is 0 Å². The summed E-state index contributed by atoms with van der Waals surface area (Å²) in [4.78, 5) is 6.50. The smallest absolute Gasteiger partial charge is 0.186 e. The maximum Gasteiger partial charge on any atom is 0.186 e. The van der Waals surface area contributed by atoms with E-state index in [0.29, 0.717) is 25.4 Å². The van der Waals surface area contributed by atoms with Crippen LogP contribution in [0.15, 0.2) is 18.3 Å². The lowest BCUT2D eigenvalue weighted by molar-refractivity contribution is -0.161. The number of nitrogens with zero attached hydrogens (tertiary/aromatic N) is 2. The molecule has 3 heterocycles. The first-order valence-corrected chi connectivity index (χ1v) is 6.02. The second-order valence-electron chi connectivity index (χ2n) is 4.55. The first kappa shape index (κ1) is 10.8. The van der Waals surface area contributed by atoms with Gasteiger partial charge in [0.05, 0.1) is 25.4 Å². The van der Waals surface area contributed by atoms with Crippen LogP contribution in [0.2, 0.25) is 0 Å². The summed E-state index contributed by atoms with van der Waals surface area (Å²) in [6.45, 7) is 3.04. The van der Waals surface area contributed by atoms with Crippen molar-refractivity contribution in [1.29, 1.82) is 0 Å².